The van der Waals surface area contributed by atoms with Crippen LogP contribution in [0.3, 0.4) is 0 Å². The van der Waals surface area contributed by atoms with Crippen LogP contribution in [0.5, 0.6) is 0 Å². The first-order chi connectivity index (χ1) is 17.1. The maximum Gasteiger partial charge on any atom is 0.243 e. The minimum atomic E-state index is -3.55. The van der Waals surface area contributed by atoms with Crippen molar-refractivity contribution in [2.24, 2.45) is 0 Å². The predicted octanol–water partition coefficient (Wildman–Crippen LogP) is 4.81. The first kappa shape index (κ1) is 22.9. The summed E-state index contributed by atoms with van der Waals surface area (Å²) in [4.78, 5) is 9.54. The first-order valence-corrected chi connectivity index (χ1v) is 14.7. The van der Waals surface area contributed by atoms with Crippen molar-refractivity contribution in [3.63, 3.8) is 0 Å². The average Bonchev–Trinajstić information content (AvgIpc) is 3.57. The highest BCUT2D eigenvalue weighted by Crippen LogP contribution is 2.33. The fourth-order valence-corrected chi connectivity index (χ4v) is 8.40. The van der Waals surface area contributed by atoms with Crippen LogP contribution in [0.1, 0.15) is 19.3 Å². The molecular formula is C27H30N4O2S2. The molecule has 6 rings (SSSR count). The Kier molecular flexibility index (Phi) is 6.22. The Balaban J connectivity index is 1.11. The summed E-state index contributed by atoms with van der Waals surface area (Å²) in [7, 11) is -3.55. The zero-order valence-electron chi connectivity index (χ0n) is 19.7. The van der Waals surface area contributed by atoms with Crippen LogP contribution in [0.4, 0.5) is 5.69 Å². The van der Waals surface area contributed by atoms with Crippen molar-refractivity contribution in [3.05, 3.63) is 66.3 Å². The Labute approximate surface area is 210 Å². The van der Waals surface area contributed by atoms with Crippen molar-refractivity contribution >= 4 is 47.9 Å². The third-order valence-electron chi connectivity index (χ3n) is 7.51. The van der Waals surface area contributed by atoms with Gasteiger partial charge in [0.05, 0.1) is 4.90 Å². The Morgan fingerprint density at radius 2 is 1.80 bits per heavy atom. The zero-order chi connectivity index (χ0) is 23.8. The molecule has 1 atom stereocenters. The summed E-state index contributed by atoms with van der Waals surface area (Å²) in [6, 6.07) is 16.1. The monoisotopic (exact) mass is 506 g/mol. The number of fused-ring (bicyclic) bond motifs is 2. The largest absolute Gasteiger partial charge is 0.368 e. The molecule has 2 aromatic carbocycles. The van der Waals surface area contributed by atoms with E-state index in [0.29, 0.717) is 11.4 Å². The molecule has 182 valence electrons. The maximum atomic E-state index is 13.7. The summed E-state index contributed by atoms with van der Waals surface area (Å²) in [5, 5.41) is 5.13. The van der Waals surface area contributed by atoms with E-state index in [2.05, 4.69) is 44.4 Å². The highest BCUT2D eigenvalue weighted by atomic mass is 32.2. The summed E-state index contributed by atoms with van der Waals surface area (Å²) in [5.74, 6) is 0. The van der Waals surface area contributed by atoms with E-state index in [1.165, 1.54) is 15.8 Å². The molecule has 6 nitrogen and oxygen atoms in total. The van der Waals surface area contributed by atoms with Crippen molar-refractivity contribution < 1.29 is 8.42 Å². The molecule has 2 aromatic heterocycles. The molecule has 35 heavy (non-hydrogen) atoms. The Hall–Kier alpha value is -2.52. The van der Waals surface area contributed by atoms with Crippen LogP contribution >= 0.6 is 11.3 Å². The van der Waals surface area contributed by atoms with Crippen LogP contribution < -0.4 is 4.90 Å². The minimum absolute atomic E-state index is 0.0645. The third kappa shape index (κ3) is 4.33. The van der Waals surface area contributed by atoms with E-state index in [0.717, 1.165) is 62.8 Å². The summed E-state index contributed by atoms with van der Waals surface area (Å²) >= 11 is 1.80. The molecule has 4 aromatic rings. The van der Waals surface area contributed by atoms with Crippen LogP contribution in [-0.4, -0.2) is 67.9 Å². The van der Waals surface area contributed by atoms with Crippen molar-refractivity contribution in [1.29, 1.82) is 0 Å². The van der Waals surface area contributed by atoms with Crippen LogP contribution in [-0.2, 0) is 10.0 Å². The van der Waals surface area contributed by atoms with Crippen molar-refractivity contribution in [1.82, 2.24) is 14.2 Å². The van der Waals surface area contributed by atoms with Crippen molar-refractivity contribution in [2.45, 2.75) is 30.2 Å². The standard InChI is InChI=1S/C27H30N4O2S2/c32-35(33,27-8-1-4-21-20-28-12-9-23(21)27)31-13-3-5-22(31)10-14-29-15-17-30(18-16-29)25-6-2-7-26-24(25)11-19-34-26/h1-2,4,6-9,11-12,19-20,22H,3,5,10,13-18H2. The second-order valence-corrected chi connectivity index (χ2v) is 12.3. The number of sulfonamides is 1. The fourth-order valence-electron chi connectivity index (χ4n) is 5.66. The normalized spacial score (nSPS) is 20.2. The molecule has 2 aliphatic rings. The number of piperazine rings is 1. The Morgan fingerprint density at radius 3 is 2.69 bits per heavy atom. The second kappa shape index (κ2) is 9.50. The van der Waals surface area contributed by atoms with Gasteiger partial charge in [0.15, 0.2) is 0 Å². The molecule has 2 aliphatic heterocycles. The number of hydrogen-bond acceptors (Lipinski definition) is 6. The summed E-state index contributed by atoms with van der Waals surface area (Å²) in [5.41, 5.74) is 1.33. The zero-order valence-corrected chi connectivity index (χ0v) is 21.3. The lowest BCUT2D eigenvalue weighted by Crippen LogP contribution is -2.47. The van der Waals surface area contributed by atoms with Crippen LogP contribution in [0.15, 0.2) is 71.2 Å². The van der Waals surface area contributed by atoms with Crippen molar-refractivity contribution in [2.75, 3.05) is 44.2 Å². The van der Waals surface area contributed by atoms with Crippen LogP contribution in [0, 0.1) is 0 Å². The molecule has 0 spiro atoms. The first-order valence-electron chi connectivity index (χ1n) is 12.4. The average molecular weight is 507 g/mol. The van der Waals surface area contributed by atoms with Crippen LogP contribution in [0.2, 0.25) is 0 Å². The van der Waals surface area contributed by atoms with E-state index >= 15 is 0 Å². The molecular weight excluding hydrogens is 476 g/mol. The number of thiophene rings is 1. The summed E-state index contributed by atoms with van der Waals surface area (Å²) < 4.78 is 30.5. The fraction of sp³-hybridized carbons (Fsp3) is 0.370. The Bertz CT molecular complexity index is 1440. The molecule has 1 unspecified atom stereocenters. The SMILES string of the molecule is O=S(=O)(c1cccc2cnccc12)N1CCCC1CCN1CCN(c2cccc3sccc23)CC1. The van der Waals surface area contributed by atoms with Gasteiger partial charge in [0.2, 0.25) is 10.0 Å². The quantitative estimate of drug-likeness (QED) is 0.376. The summed E-state index contributed by atoms with van der Waals surface area (Å²) in [6.07, 6.45) is 6.14. The lowest BCUT2D eigenvalue weighted by atomic mass is 10.1. The highest BCUT2D eigenvalue weighted by molar-refractivity contribution is 7.89. The van der Waals surface area contributed by atoms with Gasteiger partial charge >= 0.3 is 0 Å². The van der Waals surface area contributed by atoms with E-state index < -0.39 is 10.0 Å². The lowest BCUT2D eigenvalue weighted by Gasteiger charge is -2.37. The van der Waals surface area contributed by atoms with Gasteiger partial charge < -0.3 is 4.90 Å². The summed E-state index contributed by atoms with van der Waals surface area (Å²) in [6.45, 7) is 5.57. The molecule has 0 aliphatic carbocycles. The molecule has 4 heterocycles. The molecule has 0 saturated carbocycles. The van der Waals surface area contributed by atoms with E-state index in [1.807, 2.05) is 18.2 Å². The van der Waals surface area contributed by atoms with E-state index in [4.69, 9.17) is 0 Å². The van der Waals surface area contributed by atoms with Crippen LogP contribution in [0.25, 0.3) is 20.9 Å². The van der Waals surface area contributed by atoms with E-state index in [1.54, 1.807) is 34.1 Å². The maximum absolute atomic E-state index is 13.7. The number of anilines is 1. The van der Waals surface area contributed by atoms with E-state index in [-0.39, 0.29) is 6.04 Å². The van der Waals surface area contributed by atoms with Gasteiger partial charge in [0.25, 0.3) is 0 Å². The topological polar surface area (TPSA) is 56.8 Å². The van der Waals surface area contributed by atoms with Gasteiger partial charge in [-0.1, -0.05) is 18.2 Å². The predicted molar refractivity (Wildman–Crippen MR) is 144 cm³/mol. The van der Waals surface area contributed by atoms with Gasteiger partial charge in [0, 0.05) is 77.7 Å². The number of pyridine rings is 1. The number of nitrogens with zero attached hydrogens (tertiary/aromatic N) is 4. The molecule has 0 radical (unpaired) electrons. The number of rotatable bonds is 6. The molecule has 0 N–H and O–H groups in total. The highest BCUT2D eigenvalue weighted by Gasteiger charge is 2.36. The van der Waals surface area contributed by atoms with Gasteiger partial charge in [0.1, 0.15) is 0 Å². The number of hydrogen-bond donors (Lipinski definition) is 0. The van der Waals surface area contributed by atoms with Gasteiger partial charge in [-0.05, 0) is 61.5 Å². The van der Waals surface area contributed by atoms with Gasteiger partial charge in [-0.3, -0.25) is 9.88 Å². The van der Waals surface area contributed by atoms with Crippen molar-refractivity contribution in [3.8, 4) is 0 Å². The molecule has 2 saturated heterocycles. The third-order valence-corrected chi connectivity index (χ3v) is 10.4. The van der Waals surface area contributed by atoms with E-state index in [9.17, 15) is 8.42 Å². The number of aromatic nitrogens is 1. The minimum Gasteiger partial charge on any atom is -0.368 e. The van der Waals surface area contributed by atoms with Gasteiger partial charge in [-0.15, -0.1) is 11.3 Å². The molecule has 0 amide bonds. The molecule has 2 fully saturated rings. The van der Waals surface area contributed by atoms with Gasteiger partial charge in [-0.2, -0.15) is 4.31 Å². The molecule has 8 heteroatoms. The second-order valence-electron chi connectivity index (χ2n) is 9.49. The Morgan fingerprint density at radius 1 is 0.943 bits per heavy atom. The smallest absolute Gasteiger partial charge is 0.243 e. The molecule has 0 bridgehead atoms. The lowest BCUT2D eigenvalue weighted by molar-refractivity contribution is 0.232. The van der Waals surface area contributed by atoms with Gasteiger partial charge in [-0.25, -0.2) is 8.42 Å². The number of benzene rings is 2.